The number of carbonyl (C=O) groups excluding carboxylic acids is 1. The predicted octanol–water partition coefficient (Wildman–Crippen LogP) is 4.68. The van der Waals surface area contributed by atoms with Crippen LogP contribution in [0.5, 0.6) is 5.75 Å². The molecule has 2 atom stereocenters. The van der Waals surface area contributed by atoms with E-state index < -0.39 is 5.82 Å². The average molecular weight is 492 g/mol. The van der Waals surface area contributed by atoms with Gasteiger partial charge in [-0.25, -0.2) is 18.3 Å². The van der Waals surface area contributed by atoms with Crippen LogP contribution in [0.15, 0.2) is 18.2 Å². The molecule has 3 aromatic rings. The van der Waals surface area contributed by atoms with E-state index in [4.69, 9.17) is 28.1 Å². The molecule has 5 rings (SSSR count). The molecule has 2 aliphatic heterocycles. The fourth-order valence-corrected chi connectivity index (χ4v) is 4.88. The molecule has 4 heterocycles. The molecular formula is C23H24Cl2FN5O2. The van der Waals surface area contributed by atoms with Gasteiger partial charge in [0.2, 0.25) is 0 Å². The summed E-state index contributed by atoms with van der Waals surface area (Å²) in [5.41, 5.74) is 4.27. The van der Waals surface area contributed by atoms with Crippen LogP contribution in [-0.4, -0.2) is 48.5 Å². The third-order valence-electron chi connectivity index (χ3n) is 6.46. The Morgan fingerprint density at radius 1 is 1.27 bits per heavy atom. The summed E-state index contributed by atoms with van der Waals surface area (Å²) in [5.74, 6) is -0.416. The highest BCUT2D eigenvalue weighted by Gasteiger charge is 2.33. The van der Waals surface area contributed by atoms with E-state index in [1.807, 2.05) is 20.8 Å². The summed E-state index contributed by atoms with van der Waals surface area (Å²) in [6.07, 6.45) is 1.27. The molecule has 0 unspecified atom stereocenters. The second-order valence-corrected chi connectivity index (χ2v) is 9.61. The van der Waals surface area contributed by atoms with Crippen LogP contribution in [0.1, 0.15) is 52.8 Å². The van der Waals surface area contributed by atoms with E-state index in [0.717, 1.165) is 22.6 Å². The molecule has 7 nitrogen and oxygen atoms in total. The normalized spacial score (nSPS) is 21.0. The summed E-state index contributed by atoms with van der Waals surface area (Å²) in [4.78, 5) is 19.7. The maximum absolute atomic E-state index is 14.1. The Labute approximate surface area is 201 Å². The van der Waals surface area contributed by atoms with E-state index in [1.54, 1.807) is 13.8 Å². The molecule has 0 spiro atoms. The lowest BCUT2D eigenvalue weighted by Gasteiger charge is -2.33. The second kappa shape index (κ2) is 8.42. The van der Waals surface area contributed by atoms with Gasteiger partial charge in [0.25, 0.3) is 5.91 Å². The predicted molar refractivity (Wildman–Crippen MR) is 123 cm³/mol. The topological polar surface area (TPSA) is 63.0 Å². The zero-order valence-corrected chi connectivity index (χ0v) is 20.1. The first-order valence-corrected chi connectivity index (χ1v) is 11.7. The van der Waals surface area contributed by atoms with Crippen molar-refractivity contribution in [3.63, 3.8) is 0 Å². The Morgan fingerprint density at radius 3 is 2.82 bits per heavy atom. The minimum absolute atomic E-state index is 0.135. The lowest BCUT2D eigenvalue weighted by atomic mass is 10.0. The Balaban J connectivity index is 1.40. The monoisotopic (exact) mass is 491 g/mol. The fourth-order valence-electron chi connectivity index (χ4n) is 4.58. The molecule has 174 valence electrons. The van der Waals surface area contributed by atoms with Crippen LogP contribution in [0.3, 0.4) is 0 Å². The molecule has 1 fully saturated rings. The minimum Gasteiger partial charge on any atom is -0.489 e. The van der Waals surface area contributed by atoms with Gasteiger partial charge in [0.05, 0.1) is 40.8 Å². The number of benzene rings is 1. The number of aryl methyl sites for hydroxylation is 2. The van der Waals surface area contributed by atoms with Crippen molar-refractivity contribution in [1.29, 1.82) is 0 Å². The van der Waals surface area contributed by atoms with Crippen LogP contribution < -0.4 is 4.74 Å². The first kappa shape index (κ1) is 22.4. The van der Waals surface area contributed by atoms with Crippen molar-refractivity contribution in [2.75, 3.05) is 6.54 Å². The van der Waals surface area contributed by atoms with Gasteiger partial charge in [-0.1, -0.05) is 11.6 Å². The zero-order valence-electron chi connectivity index (χ0n) is 18.6. The molecule has 10 heteroatoms. The molecule has 1 saturated heterocycles. The maximum Gasteiger partial charge on any atom is 0.258 e. The molecule has 1 amide bonds. The van der Waals surface area contributed by atoms with Crippen molar-refractivity contribution in [3.8, 4) is 5.75 Å². The molecule has 0 saturated carbocycles. The molecule has 0 radical (unpaired) electrons. The third kappa shape index (κ3) is 3.94. The van der Waals surface area contributed by atoms with E-state index in [-0.39, 0.29) is 23.8 Å². The van der Waals surface area contributed by atoms with Gasteiger partial charge in [0.1, 0.15) is 17.7 Å². The number of piperidine rings is 1. The lowest BCUT2D eigenvalue weighted by Crippen LogP contribution is -2.39. The van der Waals surface area contributed by atoms with Crippen LogP contribution in [0, 0.1) is 19.7 Å². The fraction of sp³-hybridized carbons (Fsp3) is 0.435. The molecule has 0 aliphatic carbocycles. The molecule has 1 aromatic carbocycles. The van der Waals surface area contributed by atoms with Crippen LogP contribution in [0.2, 0.25) is 5.02 Å². The van der Waals surface area contributed by atoms with Crippen molar-refractivity contribution in [3.05, 3.63) is 57.2 Å². The van der Waals surface area contributed by atoms with Gasteiger partial charge in [0.15, 0.2) is 5.65 Å². The number of amides is 1. The Bertz CT molecular complexity index is 1260. The largest absolute Gasteiger partial charge is 0.489 e. The zero-order chi connectivity index (χ0) is 23.4. The maximum atomic E-state index is 14.1. The number of nitrogens with zero attached hydrogens (tertiary/aromatic N) is 5. The van der Waals surface area contributed by atoms with E-state index in [1.165, 1.54) is 18.2 Å². The lowest BCUT2D eigenvalue weighted by molar-refractivity contribution is 0.0730. The second-order valence-electron chi connectivity index (χ2n) is 8.80. The van der Waals surface area contributed by atoms with Gasteiger partial charge < -0.3 is 9.64 Å². The Morgan fingerprint density at radius 2 is 2.06 bits per heavy atom. The molecule has 33 heavy (non-hydrogen) atoms. The van der Waals surface area contributed by atoms with Crippen molar-refractivity contribution in [2.45, 2.75) is 58.8 Å². The molecule has 2 aliphatic rings. The van der Waals surface area contributed by atoms with Gasteiger partial charge in [-0.05, 0) is 51.1 Å². The summed E-state index contributed by atoms with van der Waals surface area (Å²) >= 11 is 12.5. The summed E-state index contributed by atoms with van der Waals surface area (Å²) < 4.78 is 23.7. The van der Waals surface area contributed by atoms with Gasteiger partial charge in [-0.15, -0.1) is 0 Å². The van der Waals surface area contributed by atoms with Gasteiger partial charge in [-0.2, -0.15) is 5.10 Å². The highest BCUT2D eigenvalue weighted by molar-refractivity contribution is 6.31. The van der Waals surface area contributed by atoms with Gasteiger partial charge >= 0.3 is 0 Å². The number of hydrogen-bond donors (Lipinski definition) is 0. The minimum atomic E-state index is -0.446. The van der Waals surface area contributed by atoms with Crippen LogP contribution in [0.4, 0.5) is 4.39 Å². The number of rotatable bonds is 3. The van der Waals surface area contributed by atoms with E-state index in [9.17, 15) is 9.18 Å². The quantitative estimate of drug-likeness (QED) is 0.497. The molecule has 0 N–H and O–H groups in total. The van der Waals surface area contributed by atoms with Gasteiger partial charge in [-0.3, -0.25) is 4.79 Å². The summed E-state index contributed by atoms with van der Waals surface area (Å²) in [6.45, 7) is 7.14. The third-order valence-corrected chi connectivity index (χ3v) is 7.51. The van der Waals surface area contributed by atoms with Crippen LogP contribution in [-0.2, 0) is 13.1 Å². The first-order valence-electron chi connectivity index (χ1n) is 10.9. The van der Waals surface area contributed by atoms with Crippen molar-refractivity contribution >= 4 is 34.9 Å². The number of halogens is 3. The summed E-state index contributed by atoms with van der Waals surface area (Å²) in [7, 11) is 0. The Hall–Kier alpha value is -2.42. The van der Waals surface area contributed by atoms with Gasteiger partial charge in [0, 0.05) is 30.6 Å². The van der Waals surface area contributed by atoms with E-state index in [0.29, 0.717) is 48.7 Å². The molecule has 2 aromatic heterocycles. The van der Waals surface area contributed by atoms with E-state index >= 15 is 0 Å². The SMILES string of the molecule is Cc1nc2c3c(nn2c(C)c1Cl)CN(C(=O)c1ccc(F)cc1O[C@H]1CCN(Cl)[C@@H](C)C1)C3. The van der Waals surface area contributed by atoms with Crippen molar-refractivity contribution in [1.82, 2.24) is 23.9 Å². The number of carbonyl (C=O) groups is 1. The smallest absolute Gasteiger partial charge is 0.258 e. The average Bonchev–Trinajstić information content (AvgIpc) is 3.34. The Kier molecular flexibility index (Phi) is 5.71. The van der Waals surface area contributed by atoms with Crippen LogP contribution in [0.25, 0.3) is 5.65 Å². The standard InChI is InChI=1S/C23H24Cl2FN5O2/c1-12-8-16(6-7-30(12)25)33-20-9-15(26)4-5-17(20)23(32)29-10-18-19(11-29)28-31-14(3)21(24)13(2)27-22(18)31/h4-5,9,12,16H,6-8,10-11H2,1-3H3/t12-,16-/m0/s1. The number of ether oxygens (including phenoxy) is 1. The number of hydrogen-bond acceptors (Lipinski definition) is 5. The number of aromatic nitrogens is 3. The summed E-state index contributed by atoms with van der Waals surface area (Å²) in [5, 5.41) is 5.22. The van der Waals surface area contributed by atoms with Crippen molar-refractivity contribution < 1.29 is 13.9 Å². The highest BCUT2D eigenvalue weighted by atomic mass is 35.5. The highest BCUT2D eigenvalue weighted by Crippen LogP contribution is 2.33. The molecular weight excluding hydrogens is 468 g/mol. The van der Waals surface area contributed by atoms with Crippen molar-refractivity contribution in [2.24, 2.45) is 0 Å². The number of fused-ring (bicyclic) bond motifs is 3. The van der Waals surface area contributed by atoms with Crippen LogP contribution >= 0.6 is 23.4 Å². The van der Waals surface area contributed by atoms with E-state index in [2.05, 4.69) is 10.1 Å². The molecule has 0 bridgehead atoms. The first-order chi connectivity index (χ1) is 15.7. The summed E-state index contributed by atoms with van der Waals surface area (Å²) in [6, 6.07) is 4.19.